The first-order valence-corrected chi connectivity index (χ1v) is 9.99. The van der Waals surface area contributed by atoms with Crippen LogP contribution in [0.15, 0.2) is 60.7 Å². The summed E-state index contributed by atoms with van der Waals surface area (Å²) < 4.78 is 24.3. The summed E-state index contributed by atoms with van der Waals surface area (Å²) in [6, 6.07) is 17.8. The molecular formula is C23H23Cl3FNO2. The minimum atomic E-state index is -0.213. The van der Waals surface area contributed by atoms with Gasteiger partial charge in [-0.25, -0.2) is 4.39 Å². The molecule has 0 saturated heterocycles. The molecule has 0 bridgehead atoms. The van der Waals surface area contributed by atoms with Crippen LogP contribution in [0.5, 0.6) is 11.5 Å². The second-order valence-electron chi connectivity index (χ2n) is 6.58. The summed E-state index contributed by atoms with van der Waals surface area (Å²) in [6.07, 6.45) is 0.836. The number of hydrogen-bond donors (Lipinski definition) is 1. The minimum absolute atomic E-state index is 0. The zero-order chi connectivity index (χ0) is 20.6. The molecule has 3 rings (SSSR count). The van der Waals surface area contributed by atoms with Gasteiger partial charge in [0, 0.05) is 6.54 Å². The summed E-state index contributed by atoms with van der Waals surface area (Å²) in [4.78, 5) is 0. The summed E-state index contributed by atoms with van der Waals surface area (Å²) in [5.74, 6) is 1.12. The highest BCUT2D eigenvalue weighted by atomic mass is 35.5. The number of nitrogens with one attached hydrogen (secondary N) is 1. The fraction of sp³-hybridized carbons (Fsp3) is 0.217. The van der Waals surface area contributed by atoms with Gasteiger partial charge >= 0.3 is 0 Å². The summed E-state index contributed by atoms with van der Waals surface area (Å²) in [6.45, 7) is 1.86. The van der Waals surface area contributed by atoms with E-state index in [0.29, 0.717) is 34.7 Å². The van der Waals surface area contributed by atoms with Crippen LogP contribution in [0.3, 0.4) is 0 Å². The maximum atomic E-state index is 12.9. The van der Waals surface area contributed by atoms with Crippen LogP contribution in [0, 0.1) is 5.82 Å². The number of halogens is 4. The Bertz CT molecular complexity index is 952. The van der Waals surface area contributed by atoms with Gasteiger partial charge in [0.15, 0.2) is 11.5 Å². The first-order valence-electron chi connectivity index (χ1n) is 9.24. The number of benzene rings is 3. The average molecular weight is 471 g/mol. The SMILES string of the molecule is COc1cc(CNCCc2ccc(F)cc2)ccc1OCc1ccc(Cl)c(Cl)c1.Cl. The van der Waals surface area contributed by atoms with Crippen LogP contribution < -0.4 is 14.8 Å². The number of hydrogen-bond acceptors (Lipinski definition) is 3. The zero-order valence-corrected chi connectivity index (χ0v) is 18.8. The van der Waals surface area contributed by atoms with E-state index in [1.54, 1.807) is 31.4 Å². The summed E-state index contributed by atoms with van der Waals surface area (Å²) in [5, 5.41) is 4.41. The molecule has 30 heavy (non-hydrogen) atoms. The third-order valence-corrected chi connectivity index (χ3v) is 5.18. The molecule has 3 nitrogen and oxygen atoms in total. The predicted molar refractivity (Wildman–Crippen MR) is 123 cm³/mol. The van der Waals surface area contributed by atoms with Crippen LogP contribution in [0.1, 0.15) is 16.7 Å². The fourth-order valence-corrected chi connectivity index (χ4v) is 3.17. The van der Waals surface area contributed by atoms with Gasteiger partial charge in [0.05, 0.1) is 17.2 Å². The van der Waals surface area contributed by atoms with Gasteiger partial charge in [-0.3, -0.25) is 0 Å². The monoisotopic (exact) mass is 469 g/mol. The predicted octanol–water partition coefficient (Wildman–Crippen LogP) is 6.47. The van der Waals surface area contributed by atoms with E-state index in [9.17, 15) is 4.39 Å². The lowest BCUT2D eigenvalue weighted by molar-refractivity contribution is 0.284. The minimum Gasteiger partial charge on any atom is -0.493 e. The number of methoxy groups -OCH3 is 1. The molecule has 0 saturated carbocycles. The van der Waals surface area contributed by atoms with Gasteiger partial charge in [-0.15, -0.1) is 12.4 Å². The first kappa shape index (κ1) is 24.3. The molecule has 160 valence electrons. The largest absolute Gasteiger partial charge is 0.493 e. The molecule has 0 aliphatic heterocycles. The van der Waals surface area contributed by atoms with Crippen LogP contribution >= 0.6 is 35.6 Å². The lowest BCUT2D eigenvalue weighted by Gasteiger charge is -2.13. The molecule has 0 unspecified atom stereocenters. The highest BCUT2D eigenvalue weighted by Crippen LogP contribution is 2.29. The molecule has 0 aromatic heterocycles. The molecule has 0 aliphatic carbocycles. The van der Waals surface area contributed by atoms with Gasteiger partial charge in [0.2, 0.25) is 0 Å². The average Bonchev–Trinajstić information content (AvgIpc) is 2.73. The van der Waals surface area contributed by atoms with Crippen molar-refractivity contribution in [2.45, 2.75) is 19.6 Å². The molecule has 7 heteroatoms. The molecule has 0 spiro atoms. The van der Waals surface area contributed by atoms with Gasteiger partial charge in [-0.2, -0.15) is 0 Å². The molecular weight excluding hydrogens is 448 g/mol. The van der Waals surface area contributed by atoms with E-state index in [0.717, 1.165) is 29.7 Å². The van der Waals surface area contributed by atoms with E-state index in [2.05, 4.69) is 5.32 Å². The van der Waals surface area contributed by atoms with E-state index in [-0.39, 0.29) is 18.2 Å². The van der Waals surface area contributed by atoms with Gasteiger partial charge < -0.3 is 14.8 Å². The van der Waals surface area contributed by atoms with Crippen LogP contribution in [-0.4, -0.2) is 13.7 Å². The van der Waals surface area contributed by atoms with E-state index in [1.807, 2.05) is 24.3 Å². The third-order valence-electron chi connectivity index (χ3n) is 4.44. The van der Waals surface area contributed by atoms with Crippen molar-refractivity contribution in [1.82, 2.24) is 5.32 Å². The molecule has 0 fully saturated rings. The molecule has 0 atom stereocenters. The van der Waals surface area contributed by atoms with Crippen molar-refractivity contribution in [1.29, 1.82) is 0 Å². The maximum absolute atomic E-state index is 12.9. The summed E-state index contributed by atoms with van der Waals surface area (Å²) in [5.41, 5.74) is 3.11. The van der Waals surface area contributed by atoms with Crippen molar-refractivity contribution in [3.05, 3.63) is 93.2 Å². The van der Waals surface area contributed by atoms with Gasteiger partial charge in [0.1, 0.15) is 12.4 Å². The molecule has 3 aromatic rings. The molecule has 1 N–H and O–H groups in total. The highest BCUT2D eigenvalue weighted by molar-refractivity contribution is 6.42. The van der Waals surface area contributed by atoms with E-state index >= 15 is 0 Å². The molecule has 0 aliphatic rings. The maximum Gasteiger partial charge on any atom is 0.161 e. The van der Waals surface area contributed by atoms with E-state index in [4.69, 9.17) is 32.7 Å². The Hall–Kier alpha value is -1.98. The fourth-order valence-electron chi connectivity index (χ4n) is 2.85. The Morgan fingerprint density at radius 2 is 1.53 bits per heavy atom. The quantitative estimate of drug-likeness (QED) is 0.363. The zero-order valence-electron chi connectivity index (χ0n) is 16.5. The molecule has 0 radical (unpaired) electrons. The molecule has 0 heterocycles. The van der Waals surface area contributed by atoms with E-state index < -0.39 is 0 Å². The van der Waals surface area contributed by atoms with E-state index in [1.165, 1.54) is 12.1 Å². The lowest BCUT2D eigenvalue weighted by atomic mass is 10.1. The Morgan fingerprint density at radius 1 is 0.833 bits per heavy atom. The molecule has 3 aromatic carbocycles. The van der Waals surface area contributed by atoms with Crippen molar-refractivity contribution in [3.63, 3.8) is 0 Å². The van der Waals surface area contributed by atoms with Gasteiger partial charge in [-0.05, 0) is 66.1 Å². The van der Waals surface area contributed by atoms with Crippen molar-refractivity contribution in [2.75, 3.05) is 13.7 Å². The van der Waals surface area contributed by atoms with Gasteiger partial charge in [-0.1, -0.05) is 47.5 Å². The third kappa shape index (κ3) is 7.06. The Morgan fingerprint density at radius 3 is 2.23 bits per heavy atom. The van der Waals surface area contributed by atoms with Crippen molar-refractivity contribution in [3.8, 4) is 11.5 Å². The summed E-state index contributed by atoms with van der Waals surface area (Å²) >= 11 is 12.0. The highest BCUT2D eigenvalue weighted by Gasteiger charge is 2.07. The van der Waals surface area contributed by atoms with Crippen LogP contribution in [-0.2, 0) is 19.6 Å². The van der Waals surface area contributed by atoms with Crippen LogP contribution in [0.25, 0.3) is 0 Å². The standard InChI is InChI=1S/C23H22Cl2FNO2.ClH/c1-28-23-13-17(14-27-11-10-16-2-6-19(26)7-3-16)5-9-22(23)29-15-18-4-8-20(24)21(25)12-18;/h2-9,12-13,27H,10-11,14-15H2,1H3;1H. The van der Waals surface area contributed by atoms with Crippen molar-refractivity contribution < 1.29 is 13.9 Å². The van der Waals surface area contributed by atoms with Crippen molar-refractivity contribution in [2.24, 2.45) is 0 Å². The Kier molecular flexibility index (Phi) is 9.73. The Labute approximate surface area is 192 Å². The molecule has 0 amide bonds. The lowest BCUT2D eigenvalue weighted by Crippen LogP contribution is -2.16. The van der Waals surface area contributed by atoms with Crippen LogP contribution in [0.2, 0.25) is 10.0 Å². The van der Waals surface area contributed by atoms with Crippen LogP contribution in [0.4, 0.5) is 4.39 Å². The normalized spacial score (nSPS) is 10.4. The first-order chi connectivity index (χ1) is 14.0. The van der Waals surface area contributed by atoms with Gasteiger partial charge in [0.25, 0.3) is 0 Å². The topological polar surface area (TPSA) is 30.5 Å². The number of ether oxygens (including phenoxy) is 2. The van der Waals surface area contributed by atoms with Crippen molar-refractivity contribution >= 4 is 35.6 Å². The number of rotatable bonds is 9. The second kappa shape index (κ2) is 12.0. The second-order valence-corrected chi connectivity index (χ2v) is 7.39. The summed E-state index contributed by atoms with van der Waals surface area (Å²) in [7, 11) is 1.62. The Balaban J connectivity index is 0.00000320. The smallest absolute Gasteiger partial charge is 0.161 e.